The van der Waals surface area contributed by atoms with E-state index in [9.17, 15) is 18.0 Å². The lowest BCUT2D eigenvalue weighted by molar-refractivity contribution is -0.139. The third kappa shape index (κ3) is 7.07. The van der Waals surface area contributed by atoms with Gasteiger partial charge < -0.3 is 10.2 Å². The highest BCUT2D eigenvalue weighted by molar-refractivity contribution is 7.92. The highest BCUT2D eigenvalue weighted by Crippen LogP contribution is 2.29. The molecule has 202 valence electrons. The van der Waals surface area contributed by atoms with E-state index in [0.717, 1.165) is 15.4 Å². The fraction of sp³-hybridized carbons (Fsp3) is 0.286. The quantitative estimate of drug-likeness (QED) is 0.352. The zero-order valence-electron chi connectivity index (χ0n) is 21.7. The van der Waals surface area contributed by atoms with Crippen molar-refractivity contribution in [2.45, 2.75) is 45.2 Å². The first-order valence-corrected chi connectivity index (χ1v) is 14.3. The van der Waals surface area contributed by atoms with Crippen LogP contribution in [0.15, 0.2) is 71.6 Å². The average Bonchev–Trinajstić information content (AvgIpc) is 2.87. The Morgan fingerprint density at radius 1 is 0.921 bits per heavy atom. The van der Waals surface area contributed by atoms with Crippen molar-refractivity contribution >= 4 is 50.7 Å². The van der Waals surface area contributed by atoms with Gasteiger partial charge in [-0.2, -0.15) is 0 Å². The minimum atomic E-state index is -4.14. The van der Waals surface area contributed by atoms with Gasteiger partial charge in [0.1, 0.15) is 12.6 Å². The van der Waals surface area contributed by atoms with E-state index in [0.29, 0.717) is 27.8 Å². The van der Waals surface area contributed by atoms with Crippen molar-refractivity contribution in [3.05, 3.63) is 93.5 Å². The van der Waals surface area contributed by atoms with E-state index in [2.05, 4.69) is 5.32 Å². The molecule has 0 bridgehead atoms. The molecule has 0 heterocycles. The molecule has 0 fully saturated rings. The summed E-state index contributed by atoms with van der Waals surface area (Å²) in [5.74, 6) is -0.880. The first-order valence-electron chi connectivity index (χ1n) is 12.1. The van der Waals surface area contributed by atoms with Crippen molar-refractivity contribution in [3.63, 3.8) is 0 Å². The van der Waals surface area contributed by atoms with Gasteiger partial charge in [0.25, 0.3) is 10.0 Å². The van der Waals surface area contributed by atoms with Crippen LogP contribution in [0.3, 0.4) is 0 Å². The molecule has 3 aromatic carbocycles. The first-order chi connectivity index (χ1) is 17.9. The molecular weight excluding hydrogens is 545 g/mol. The second kappa shape index (κ2) is 12.7. The maximum Gasteiger partial charge on any atom is 0.264 e. The van der Waals surface area contributed by atoms with Gasteiger partial charge in [0.05, 0.1) is 10.6 Å². The molecule has 7 nitrogen and oxygen atoms in total. The molecule has 0 saturated carbocycles. The number of anilines is 1. The van der Waals surface area contributed by atoms with Crippen LogP contribution in [-0.2, 0) is 26.2 Å². The summed E-state index contributed by atoms with van der Waals surface area (Å²) in [6.07, 6.45) is 0. The molecule has 3 aromatic rings. The minimum absolute atomic E-state index is 0.0475. The number of carbonyl (C=O) groups excluding carboxylic acids is 2. The number of amides is 2. The van der Waals surface area contributed by atoms with Crippen LogP contribution < -0.4 is 9.62 Å². The summed E-state index contributed by atoms with van der Waals surface area (Å²) >= 11 is 12.2. The van der Waals surface area contributed by atoms with Crippen molar-refractivity contribution in [2.75, 3.05) is 17.4 Å². The molecule has 0 aromatic heterocycles. The second-order valence-electron chi connectivity index (χ2n) is 8.97. The Hall–Kier alpha value is -3.07. The van der Waals surface area contributed by atoms with E-state index < -0.39 is 28.5 Å². The van der Waals surface area contributed by atoms with E-state index in [1.165, 1.54) is 17.0 Å². The number of carbonyl (C=O) groups is 2. The van der Waals surface area contributed by atoms with Crippen LogP contribution in [0.1, 0.15) is 30.5 Å². The number of hydrogen-bond donors (Lipinski definition) is 1. The van der Waals surface area contributed by atoms with Crippen LogP contribution in [0, 0.1) is 13.8 Å². The Balaban J connectivity index is 2.06. The van der Waals surface area contributed by atoms with Crippen LogP contribution in [0.5, 0.6) is 0 Å². The molecule has 0 radical (unpaired) electrons. The van der Waals surface area contributed by atoms with Crippen molar-refractivity contribution < 1.29 is 18.0 Å². The SMILES string of the molecule is CCNC(=O)[C@H](C)N(Cc1ccc(Cl)cc1)C(=O)CN(c1ccc(Cl)cc1C)S(=O)(=O)c1ccc(C)cc1. The average molecular weight is 577 g/mol. The van der Waals surface area contributed by atoms with Gasteiger partial charge in [-0.3, -0.25) is 13.9 Å². The molecule has 0 saturated heterocycles. The summed E-state index contributed by atoms with van der Waals surface area (Å²) in [6, 6.07) is 17.3. The lowest BCUT2D eigenvalue weighted by Gasteiger charge is -2.32. The van der Waals surface area contributed by atoms with Crippen LogP contribution in [0.4, 0.5) is 5.69 Å². The van der Waals surface area contributed by atoms with E-state index in [4.69, 9.17) is 23.2 Å². The number of halogens is 2. The third-order valence-corrected chi connectivity index (χ3v) is 8.36. The highest BCUT2D eigenvalue weighted by atomic mass is 35.5. The smallest absolute Gasteiger partial charge is 0.264 e. The van der Waals surface area contributed by atoms with Crippen molar-refractivity contribution in [1.29, 1.82) is 0 Å². The molecule has 0 aliphatic heterocycles. The molecule has 0 spiro atoms. The van der Waals surface area contributed by atoms with Gasteiger partial charge in [-0.05, 0) is 81.3 Å². The summed E-state index contributed by atoms with van der Waals surface area (Å²) in [5, 5.41) is 3.72. The fourth-order valence-corrected chi connectivity index (χ4v) is 5.77. The zero-order valence-corrected chi connectivity index (χ0v) is 24.1. The Bertz CT molecular complexity index is 1390. The van der Waals surface area contributed by atoms with Crippen molar-refractivity contribution in [1.82, 2.24) is 10.2 Å². The van der Waals surface area contributed by atoms with E-state index in [-0.39, 0.29) is 17.3 Å². The second-order valence-corrected chi connectivity index (χ2v) is 11.7. The van der Waals surface area contributed by atoms with Crippen LogP contribution >= 0.6 is 23.2 Å². The lowest BCUT2D eigenvalue weighted by Crippen LogP contribution is -2.51. The minimum Gasteiger partial charge on any atom is -0.355 e. The molecule has 2 amide bonds. The van der Waals surface area contributed by atoms with Crippen LogP contribution in [0.25, 0.3) is 0 Å². The molecule has 3 rings (SSSR count). The Kier molecular flexibility index (Phi) is 9.82. The van der Waals surface area contributed by atoms with E-state index >= 15 is 0 Å². The largest absolute Gasteiger partial charge is 0.355 e. The van der Waals surface area contributed by atoms with Gasteiger partial charge in [-0.1, -0.05) is 53.0 Å². The summed E-state index contributed by atoms with van der Waals surface area (Å²) in [7, 11) is -4.14. The topological polar surface area (TPSA) is 86.8 Å². The van der Waals surface area contributed by atoms with Gasteiger partial charge in [0, 0.05) is 23.1 Å². The maximum atomic E-state index is 13.9. The maximum absolute atomic E-state index is 13.9. The number of hydrogen-bond acceptors (Lipinski definition) is 4. The Morgan fingerprint density at radius 3 is 2.11 bits per heavy atom. The molecule has 10 heteroatoms. The number of sulfonamides is 1. The van der Waals surface area contributed by atoms with Gasteiger partial charge in [-0.15, -0.1) is 0 Å². The van der Waals surface area contributed by atoms with Gasteiger partial charge in [0.15, 0.2) is 0 Å². The molecule has 0 aliphatic rings. The normalized spacial score (nSPS) is 12.1. The molecule has 38 heavy (non-hydrogen) atoms. The summed E-state index contributed by atoms with van der Waals surface area (Å²) < 4.78 is 28.8. The molecule has 0 unspecified atom stereocenters. The summed E-state index contributed by atoms with van der Waals surface area (Å²) in [4.78, 5) is 28.0. The fourth-order valence-electron chi connectivity index (χ4n) is 3.94. The van der Waals surface area contributed by atoms with Crippen LogP contribution in [0.2, 0.25) is 10.0 Å². The van der Waals surface area contributed by atoms with Crippen molar-refractivity contribution in [2.24, 2.45) is 0 Å². The number of likely N-dealkylation sites (N-methyl/N-ethyl adjacent to an activating group) is 1. The van der Waals surface area contributed by atoms with Gasteiger partial charge in [0.2, 0.25) is 11.8 Å². The standard InChI is InChI=1S/C28H31Cl2N3O4S/c1-5-31-28(35)21(4)32(17-22-8-10-23(29)11-9-22)27(34)18-33(26-15-12-24(30)16-20(26)3)38(36,37)25-13-6-19(2)7-14-25/h6-16,21H,5,17-18H2,1-4H3,(H,31,35)/t21-/m0/s1. The van der Waals surface area contributed by atoms with Gasteiger partial charge in [-0.25, -0.2) is 8.42 Å². The molecule has 0 aliphatic carbocycles. The Labute approximate surface area is 234 Å². The molecule has 1 atom stereocenters. The number of benzene rings is 3. The summed E-state index contributed by atoms with van der Waals surface area (Å²) in [6.45, 7) is 6.96. The number of rotatable bonds is 10. The predicted molar refractivity (Wildman–Crippen MR) is 152 cm³/mol. The molecular formula is C28H31Cl2N3O4S. The molecule has 1 N–H and O–H groups in total. The van der Waals surface area contributed by atoms with E-state index in [1.807, 2.05) is 6.92 Å². The van der Waals surface area contributed by atoms with Crippen LogP contribution in [-0.4, -0.2) is 44.3 Å². The van der Waals surface area contributed by atoms with Gasteiger partial charge >= 0.3 is 0 Å². The van der Waals surface area contributed by atoms with E-state index in [1.54, 1.807) is 75.4 Å². The first kappa shape index (κ1) is 29.5. The number of nitrogens with one attached hydrogen (secondary N) is 1. The highest BCUT2D eigenvalue weighted by Gasteiger charge is 2.33. The lowest BCUT2D eigenvalue weighted by atomic mass is 10.1. The predicted octanol–water partition coefficient (Wildman–Crippen LogP) is 5.36. The monoisotopic (exact) mass is 575 g/mol. The van der Waals surface area contributed by atoms with Crippen molar-refractivity contribution in [3.8, 4) is 0 Å². The number of nitrogens with zero attached hydrogens (tertiary/aromatic N) is 2. The number of aryl methyl sites for hydroxylation is 2. The zero-order chi connectivity index (χ0) is 28.0. The summed E-state index contributed by atoms with van der Waals surface area (Å²) in [5.41, 5.74) is 2.55. The third-order valence-electron chi connectivity index (χ3n) is 6.10. The Morgan fingerprint density at radius 2 is 1.53 bits per heavy atom.